The SMILES string of the molecule is CCCN1C2=NCCN2c2ccccc21.Cl. The lowest BCUT2D eigenvalue weighted by atomic mass is 10.2. The molecule has 0 saturated carbocycles. The van der Waals surface area contributed by atoms with Crippen molar-refractivity contribution >= 4 is 29.7 Å². The van der Waals surface area contributed by atoms with Crippen LogP contribution in [0.4, 0.5) is 11.4 Å². The molecule has 4 heteroatoms. The van der Waals surface area contributed by atoms with E-state index in [9.17, 15) is 0 Å². The molecule has 1 aromatic carbocycles. The van der Waals surface area contributed by atoms with Crippen molar-refractivity contribution in [1.82, 2.24) is 0 Å². The van der Waals surface area contributed by atoms with E-state index in [1.807, 2.05) is 0 Å². The first-order chi connectivity index (χ1) is 7.42. The molecule has 0 N–H and O–H groups in total. The molecule has 16 heavy (non-hydrogen) atoms. The average molecular weight is 238 g/mol. The van der Waals surface area contributed by atoms with Crippen LogP contribution in [0.2, 0.25) is 0 Å². The minimum Gasteiger partial charge on any atom is -0.310 e. The third-order valence-electron chi connectivity index (χ3n) is 2.97. The number of fused-ring (bicyclic) bond motifs is 3. The second kappa shape index (κ2) is 4.34. The molecule has 0 radical (unpaired) electrons. The lowest BCUT2D eigenvalue weighted by Gasteiger charge is -2.18. The summed E-state index contributed by atoms with van der Waals surface area (Å²) < 4.78 is 0. The highest BCUT2D eigenvalue weighted by molar-refractivity contribution is 6.17. The lowest BCUT2D eigenvalue weighted by molar-refractivity contribution is 0.908. The van der Waals surface area contributed by atoms with E-state index in [0.717, 1.165) is 32.0 Å². The van der Waals surface area contributed by atoms with E-state index in [2.05, 4.69) is 46.0 Å². The van der Waals surface area contributed by atoms with E-state index in [1.165, 1.54) is 11.4 Å². The predicted octanol–water partition coefficient (Wildman–Crippen LogP) is 2.51. The largest absolute Gasteiger partial charge is 0.310 e. The standard InChI is InChI=1S/C12H15N3.ClH/c1-2-8-14-10-5-3-4-6-11(10)15-9-7-13-12(14)15;/h3-6H,2,7-9H2,1H3;1H. The first-order valence-corrected chi connectivity index (χ1v) is 5.60. The summed E-state index contributed by atoms with van der Waals surface area (Å²) in [5, 5.41) is 0. The third kappa shape index (κ3) is 1.47. The molecule has 2 aliphatic rings. The smallest absolute Gasteiger partial charge is 0.205 e. The van der Waals surface area contributed by atoms with Crippen LogP contribution < -0.4 is 9.80 Å². The molecule has 0 spiro atoms. The zero-order valence-electron chi connectivity index (χ0n) is 9.39. The number of guanidine groups is 1. The van der Waals surface area contributed by atoms with Crippen LogP contribution >= 0.6 is 12.4 Å². The molecule has 0 fully saturated rings. The lowest BCUT2D eigenvalue weighted by Crippen LogP contribution is -2.35. The van der Waals surface area contributed by atoms with Crippen molar-refractivity contribution in [3.63, 3.8) is 0 Å². The Labute approximate surface area is 102 Å². The van der Waals surface area contributed by atoms with E-state index < -0.39 is 0 Å². The molecule has 0 amide bonds. The summed E-state index contributed by atoms with van der Waals surface area (Å²) in [5.74, 6) is 1.15. The van der Waals surface area contributed by atoms with Crippen LogP contribution in [0.3, 0.4) is 0 Å². The maximum Gasteiger partial charge on any atom is 0.205 e. The number of para-hydroxylation sites is 2. The molecular weight excluding hydrogens is 222 g/mol. The van der Waals surface area contributed by atoms with Crippen molar-refractivity contribution in [3.05, 3.63) is 24.3 Å². The first-order valence-electron chi connectivity index (χ1n) is 5.60. The Kier molecular flexibility index (Phi) is 3.06. The van der Waals surface area contributed by atoms with Gasteiger partial charge in [0, 0.05) is 13.1 Å². The summed E-state index contributed by atoms with van der Waals surface area (Å²) >= 11 is 0. The van der Waals surface area contributed by atoms with Gasteiger partial charge in [0.05, 0.1) is 17.9 Å². The third-order valence-corrected chi connectivity index (χ3v) is 2.97. The summed E-state index contributed by atoms with van der Waals surface area (Å²) in [4.78, 5) is 9.24. The molecule has 1 aromatic rings. The number of hydrogen-bond donors (Lipinski definition) is 0. The molecule has 2 heterocycles. The number of benzene rings is 1. The molecule has 86 valence electrons. The fraction of sp³-hybridized carbons (Fsp3) is 0.417. The highest BCUT2D eigenvalue weighted by atomic mass is 35.5. The molecule has 0 aromatic heterocycles. The minimum atomic E-state index is 0. The topological polar surface area (TPSA) is 18.8 Å². The molecule has 0 bridgehead atoms. The zero-order chi connectivity index (χ0) is 10.3. The van der Waals surface area contributed by atoms with Gasteiger partial charge < -0.3 is 9.80 Å². The van der Waals surface area contributed by atoms with Crippen molar-refractivity contribution in [2.45, 2.75) is 13.3 Å². The Morgan fingerprint density at radius 2 is 2.00 bits per heavy atom. The van der Waals surface area contributed by atoms with Crippen molar-refractivity contribution in [3.8, 4) is 0 Å². The average Bonchev–Trinajstić information content (AvgIpc) is 2.82. The summed E-state index contributed by atoms with van der Waals surface area (Å²) in [6.45, 7) is 5.24. The van der Waals surface area contributed by atoms with Crippen molar-refractivity contribution in [2.75, 3.05) is 29.4 Å². The Bertz CT molecular complexity index is 416. The molecule has 0 atom stereocenters. The van der Waals surface area contributed by atoms with Gasteiger partial charge in [-0.05, 0) is 18.6 Å². The van der Waals surface area contributed by atoms with Gasteiger partial charge in [-0.2, -0.15) is 0 Å². The number of anilines is 2. The quantitative estimate of drug-likeness (QED) is 0.787. The maximum atomic E-state index is 4.58. The van der Waals surface area contributed by atoms with Crippen LogP contribution in [0.25, 0.3) is 0 Å². The zero-order valence-corrected chi connectivity index (χ0v) is 10.2. The van der Waals surface area contributed by atoms with Crippen LogP contribution in [0.1, 0.15) is 13.3 Å². The van der Waals surface area contributed by atoms with E-state index in [-0.39, 0.29) is 12.4 Å². The van der Waals surface area contributed by atoms with Gasteiger partial charge in [-0.25, -0.2) is 0 Å². The van der Waals surface area contributed by atoms with Crippen molar-refractivity contribution in [2.24, 2.45) is 4.99 Å². The van der Waals surface area contributed by atoms with Crippen LogP contribution in [0.15, 0.2) is 29.3 Å². The Balaban J connectivity index is 0.000000963. The number of aliphatic imine (C=N–C) groups is 1. The van der Waals surface area contributed by atoms with Gasteiger partial charge in [-0.3, -0.25) is 4.99 Å². The van der Waals surface area contributed by atoms with Crippen LogP contribution in [-0.2, 0) is 0 Å². The van der Waals surface area contributed by atoms with Gasteiger partial charge in [0.1, 0.15) is 0 Å². The van der Waals surface area contributed by atoms with E-state index >= 15 is 0 Å². The van der Waals surface area contributed by atoms with Gasteiger partial charge in [0.15, 0.2) is 0 Å². The van der Waals surface area contributed by atoms with Crippen molar-refractivity contribution in [1.29, 1.82) is 0 Å². The fourth-order valence-corrected chi connectivity index (χ4v) is 2.37. The number of rotatable bonds is 2. The number of hydrogen-bond acceptors (Lipinski definition) is 3. The van der Waals surface area contributed by atoms with Crippen molar-refractivity contribution < 1.29 is 0 Å². The molecule has 0 unspecified atom stereocenters. The molecule has 0 aliphatic carbocycles. The highest BCUT2D eigenvalue weighted by Gasteiger charge is 2.33. The Hall–Kier alpha value is -1.22. The summed E-state index contributed by atoms with van der Waals surface area (Å²) in [6.07, 6.45) is 1.15. The molecule has 2 aliphatic heterocycles. The number of halogens is 1. The summed E-state index contributed by atoms with van der Waals surface area (Å²) in [7, 11) is 0. The molecule has 3 rings (SSSR count). The van der Waals surface area contributed by atoms with Gasteiger partial charge in [0.25, 0.3) is 0 Å². The number of nitrogens with zero attached hydrogens (tertiary/aromatic N) is 3. The van der Waals surface area contributed by atoms with Gasteiger partial charge in [0.2, 0.25) is 5.96 Å². The molecule has 0 saturated heterocycles. The normalized spacial score (nSPS) is 16.7. The first kappa shape index (κ1) is 11.3. The minimum absolute atomic E-state index is 0. The van der Waals surface area contributed by atoms with Gasteiger partial charge in [-0.1, -0.05) is 19.1 Å². The van der Waals surface area contributed by atoms with E-state index in [1.54, 1.807) is 0 Å². The van der Waals surface area contributed by atoms with Crippen LogP contribution in [-0.4, -0.2) is 25.6 Å². The molecule has 3 nitrogen and oxygen atoms in total. The fourth-order valence-electron chi connectivity index (χ4n) is 2.37. The second-order valence-electron chi connectivity index (χ2n) is 3.97. The highest BCUT2D eigenvalue weighted by Crippen LogP contribution is 2.38. The second-order valence-corrected chi connectivity index (χ2v) is 3.97. The van der Waals surface area contributed by atoms with Crippen LogP contribution in [0, 0.1) is 0 Å². The Morgan fingerprint density at radius 1 is 1.25 bits per heavy atom. The predicted molar refractivity (Wildman–Crippen MR) is 71.0 cm³/mol. The summed E-state index contributed by atoms with van der Waals surface area (Å²) in [5.41, 5.74) is 2.64. The Morgan fingerprint density at radius 3 is 2.75 bits per heavy atom. The summed E-state index contributed by atoms with van der Waals surface area (Å²) in [6, 6.07) is 8.58. The monoisotopic (exact) mass is 237 g/mol. The van der Waals surface area contributed by atoms with E-state index in [0.29, 0.717) is 0 Å². The molecular formula is C12H16ClN3. The van der Waals surface area contributed by atoms with Gasteiger partial charge in [-0.15, -0.1) is 12.4 Å². The maximum absolute atomic E-state index is 4.58. The van der Waals surface area contributed by atoms with E-state index in [4.69, 9.17) is 0 Å². The van der Waals surface area contributed by atoms with Crippen LogP contribution in [0.5, 0.6) is 0 Å². The van der Waals surface area contributed by atoms with Gasteiger partial charge >= 0.3 is 0 Å².